The average molecular weight is 369 g/mol. The maximum atomic E-state index is 12.3. The first-order chi connectivity index (χ1) is 11.1. The summed E-state index contributed by atoms with van der Waals surface area (Å²) < 4.78 is 23.2. The first kappa shape index (κ1) is 17.9. The van der Waals surface area contributed by atoms with Crippen LogP contribution in [0.5, 0.6) is 0 Å². The highest BCUT2D eigenvalue weighted by Gasteiger charge is 2.16. The summed E-state index contributed by atoms with van der Waals surface area (Å²) in [5.41, 5.74) is 0.576. The number of nitro benzene ring substituents is 1. The van der Waals surface area contributed by atoms with Gasteiger partial charge in [0.1, 0.15) is 0 Å². The van der Waals surface area contributed by atoms with Gasteiger partial charge in [-0.3, -0.25) is 14.9 Å². The standard InChI is InChI=1S/C15H13ClN2O5S/c1-9-7-10(3-6-14(9)18(20)21)15(19)17-13-8-11(24(2,22)23)4-5-12(13)16/h3-8H,1-2H3,(H,17,19). The second-order valence-electron chi connectivity index (χ2n) is 5.13. The molecule has 9 heteroatoms. The Hall–Kier alpha value is -2.45. The molecule has 2 rings (SSSR count). The van der Waals surface area contributed by atoms with Crippen LogP contribution >= 0.6 is 11.6 Å². The van der Waals surface area contributed by atoms with E-state index in [2.05, 4.69) is 5.32 Å². The molecule has 1 N–H and O–H groups in total. The predicted molar refractivity (Wildman–Crippen MR) is 90.3 cm³/mol. The van der Waals surface area contributed by atoms with Gasteiger partial charge >= 0.3 is 0 Å². The predicted octanol–water partition coefficient (Wildman–Crippen LogP) is 3.21. The quantitative estimate of drug-likeness (QED) is 0.658. The molecule has 0 aliphatic heterocycles. The van der Waals surface area contributed by atoms with E-state index in [9.17, 15) is 23.3 Å². The fourth-order valence-corrected chi connectivity index (χ4v) is 2.84. The number of anilines is 1. The van der Waals surface area contributed by atoms with Crippen LogP contribution in [-0.4, -0.2) is 25.5 Å². The largest absolute Gasteiger partial charge is 0.321 e. The molecule has 0 radical (unpaired) electrons. The molecular weight excluding hydrogens is 356 g/mol. The number of amides is 1. The van der Waals surface area contributed by atoms with Crippen molar-refractivity contribution in [3.63, 3.8) is 0 Å². The van der Waals surface area contributed by atoms with Gasteiger partial charge in [-0.25, -0.2) is 8.42 Å². The number of rotatable bonds is 4. The van der Waals surface area contributed by atoms with Crippen molar-refractivity contribution in [2.24, 2.45) is 0 Å². The summed E-state index contributed by atoms with van der Waals surface area (Å²) in [5, 5.41) is 13.5. The molecule has 0 saturated carbocycles. The molecule has 0 saturated heterocycles. The SMILES string of the molecule is Cc1cc(C(=O)Nc2cc(S(C)(=O)=O)ccc2Cl)ccc1[N+](=O)[O-]. The molecule has 2 aromatic carbocycles. The highest BCUT2D eigenvalue weighted by molar-refractivity contribution is 7.90. The molecule has 7 nitrogen and oxygen atoms in total. The van der Waals surface area contributed by atoms with Gasteiger partial charge in [0, 0.05) is 23.4 Å². The zero-order valence-electron chi connectivity index (χ0n) is 12.7. The fourth-order valence-electron chi connectivity index (χ4n) is 2.03. The van der Waals surface area contributed by atoms with Crippen LogP contribution in [0, 0.1) is 17.0 Å². The minimum absolute atomic E-state index is 0.0158. The smallest absolute Gasteiger partial charge is 0.272 e. The number of halogens is 1. The van der Waals surface area contributed by atoms with Crippen molar-refractivity contribution in [1.82, 2.24) is 0 Å². The number of hydrogen-bond acceptors (Lipinski definition) is 5. The summed E-state index contributed by atoms with van der Waals surface area (Å²) in [7, 11) is -3.45. The monoisotopic (exact) mass is 368 g/mol. The van der Waals surface area contributed by atoms with E-state index in [0.29, 0.717) is 5.56 Å². The van der Waals surface area contributed by atoms with E-state index in [4.69, 9.17) is 11.6 Å². The van der Waals surface area contributed by atoms with Gasteiger partial charge in [0.05, 0.1) is 20.5 Å². The topological polar surface area (TPSA) is 106 Å². The third kappa shape index (κ3) is 3.90. The van der Waals surface area contributed by atoms with Crippen LogP contribution in [-0.2, 0) is 9.84 Å². The van der Waals surface area contributed by atoms with Gasteiger partial charge in [-0.05, 0) is 37.3 Å². The molecule has 0 aromatic heterocycles. The minimum Gasteiger partial charge on any atom is -0.321 e. The zero-order chi connectivity index (χ0) is 18.1. The Labute approximate surface area is 143 Å². The Bertz CT molecular complexity index is 941. The molecule has 0 aliphatic rings. The van der Waals surface area contributed by atoms with E-state index in [-0.39, 0.29) is 26.9 Å². The number of sulfone groups is 1. The van der Waals surface area contributed by atoms with E-state index in [1.807, 2.05) is 0 Å². The third-order valence-corrected chi connectivity index (χ3v) is 4.71. The number of nitro groups is 1. The maximum Gasteiger partial charge on any atom is 0.272 e. The summed E-state index contributed by atoms with van der Waals surface area (Å²) in [4.78, 5) is 22.5. The van der Waals surface area contributed by atoms with Gasteiger partial charge in [-0.1, -0.05) is 11.6 Å². The summed E-state index contributed by atoms with van der Waals surface area (Å²) >= 11 is 5.98. The molecule has 0 atom stereocenters. The second-order valence-corrected chi connectivity index (χ2v) is 7.55. The summed E-state index contributed by atoms with van der Waals surface area (Å²) in [6.07, 6.45) is 1.04. The maximum absolute atomic E-state index is 12.3. The minimum atomic E-state index is -3.45. The van der Waals surface area contributed by atoms with Gasteiger partial charge in [0.2, 0.25) is 0 Å². The Kier molecular flexibility index (Phi) is 4.91. The van der Waals surface area contributed by atoms with E-state index in [1.165, 1.54) is 43.3 Å². The summed E-state index contributed by atoms with van der Waals surface area (Å²) in [6, 6.07) is 7.89. The fraction of sp³-hybridized carbons (Fsp3) is 0.133. The highest BCUT2D eigenvalue weighted by Crippen LogP contribution is 2.26. The van der Waals surface area contributed by atoms with Crippen LogP contribution in [0.25, 0.3) is 0 Å². The lowest BCUT2D eigenvalue weighted by molar-refractivity contribution is -0.385. The van der Waals surface area contributed by atoms with Gasteiger partial charge < -0.3 is 5.32 Å². The van der Waals surface area contributed by atoms with Gasteiger partial charge in [-0.2, -0.15) is 0 Å². The van der Waals surface area contributed by atoms with E-state index < -0.39 is 20.7 Å². The number of aryl methyl sites for hydroxylation is 1. The zero-order valence-corrected chi connectivity index (χ0v) is 14.3. The Morgan fingerprint density at radius 2 is 1.88 bits per heavy atom. The number of hydrogen-bond donors (Lipinski definition) is 1. The number of carbonyl (C=O) groups is 1. The van der Waals surface area contributed by atoms with E-state index in [0.717, 1.165) is 6.26 Å². The first-order valence-corrected chi connectivity index (χ1v) is 8.92. The van der Waals surface area contributed by atoms with E-state index in [1.54, 1.807) is 0 Å². The van der Waals surface area contributed by atoms with Crippen molar-refractivity contribution in [1.29, 1.82) is 0 Å². The van der Waals surface area contributed by atoms with Gasteiger partial charge in [0.15, 0.2) is 9.84 Å². The first-order valence-electron chi connectivity index (χ1n) is 6.65. The van der Waals surface area contributed by atoms with Crippen LogP contribution < -0.4 is 5.32 Å². The van der Waals surface area contributed by atoms with Crippen LogP contribution in [0.4, 0.5) is 11.4 Å². The lowest BCUT2D eigenvalue weighted by Gasteiger charge is -2.09. The molecule has 1 amide bonds. The normalized spacial score (nSPS) is 11.1. The molecule has 0 aliphatic carbocycles. The van der Waals surface area contributed by atoms with Crippen molar-refractivity contribution < 1.29 is 18.1 Å². The van der Waals surface area contributed by atoms with Gasteiger partial charge in [0.25, 0.3) is 11.6 Å². The summed E-state index contributed by atoms with van der Waals surface area (Å²) in [5.74, 6) is -0.555. The van der Waals surface area contributed by atoms with Crippen LogP contribution in [0.1, 0.15) is 15.9 Å². The molecular formula is C15H13ClN2O5S. The average Bonchev–Trinajstić information content (AvgIpc) is 2.47. The Balaban J connectivity index is 2.33. The second kappa shape index (κ2) is 6.58. The van der Waals surface area contributed by atoms with Crippen molar-refractivity contribution in [3.05, 3.63) is 62.7 Å². The number of nitrogens with zero attached hydrogens (tertiary/aromatic N) is 1. The number of benzene rings is 2. The van der Waals surface area contributed by atoms with Crippen LogP contribution in [0.15, 0.2) is 41.3 Å². The Morgan fingerprint density at radius 1 is 1.21 bits per heavy atom. The molecule has 24 heavy (non-hydrogen) atoms. The van der Waals surface area contributed by atoms with Crippen molar-refractivity contribution in [2.45, 2.75) is 11.8 Å². The molecule has 0 fully saturated rings. The summed E-state index contributed by atoms with van der Waals surface area (Å²) in [6.45, 7) is 1.52. The Morgan fingerprint density at radius 3 is 2.42 bits per heavy atom. The number of carbonyl (C=O) groups excluding carboxylic acids is 1. The third-order valence-electron chi connectivity index (χ3n) is 3.27. The molecule has 0 heterocycles. The van der Waals surface area contributed by atoms with Gasteiger partial charge in [-0.15, -0.1) is 0 Å². The lowest BCUT2D eigenvalue weighted by Crippen LogP contribution is -2.13. The van der Waals surface area contributed by atoms with Crippen LogP contribution in [0.2, 0.25) is 5.02 Å². The molecule has 0 bridgehead atoms. The van der Waals surface area contributed by atoms with Crippen LogP contribution in [0.3, 0.4) is 0 Å². The molecule has 0 unspecified atom stereocenters. The molecule has 126 valence electrons. The van der Waals surface area contributed by atoms with Crippen molar-refractivity contribution >= 4 is 38.7 Å². The van der Waals surface area contributed by atoms with Crippen molar-refractivity contribution in [2.75, 3.05) is 11.6 Å². The number of nitrogens with one attached hydrogen (secondary N) is 1. The van der Waals surface area contributed by atoms with Crippen molar-refractivity contribution in [3.8, 4) is 0 Å². The highest BCUT2D eigenvalue weighted by atomic mass is 35.5. The molecule has 2 aromatic rings. The lowest BCUT2D eigenvalue weighted by atomic mass is 10.1. The van der Waals surface area contributed by atoms with E-state index >= 15 is 0 Å². The molecule has 0 spiro atoms.